The lowest BCUT2D eigenvalue weighted by Crippen LogP contribution is -2.41. The Morgan fingerprint density at radius 1 is 1.35 bits per heavy atom. The summed E-state index contributed by atoms with van der Waals surface area (Å²) in [6.07, 6.45) is -4.36. The van der Waals surface area contributed by atoms with E-state index in [4.69, 9.17) is 5.84 Å². The molecule has 94 valence electrons. The summed E-state index contributed by atoms with van der Waals surface area (Å²) in [6, 6.07) is 5.34. The highest BCUT2D eigenvalue weighted by atomic mass is 19.4. The zero-order chi connectivity index (χ0) is 12.9. The number of nitrogens with zero attached hydrogens (tertiary/aromatic N) is 1. The van der Waals surface area contributed by atoms with Crippen LogP contribution >= 0.6 is 0 Å². The molecule has 7 heteroatoms. The average Bonchev–Trinajstić information content (AvgIpc) is 2.29. The molecule has 0 amide bonds. The Balaban J connectivity index is 2.85. The number of hydrogen-bond donors (Lipinski definition) is 3. The molecule has 17 heavy (non-hydrogen) atoms. The Morgan fingerprint density at radius 2 is 2.00 bits per heavy atom. The third-order valence-corrected chi connectivity index (χ3v) is 2.13. The van der Waals surface area contributed by atoms with Crippen LogP contribution in [0.3, 0.4) is 0 Å². The topological polar surface area (TPSA) is 62.4 Å². The molecular formula is C10H13F3N4. The van der Waals surface area contributed by atoms with Crippen molar-refractivity contribution in [2.75, 3.05) is 7.05 Å². The van der Waals surface area contributed by atoms with E-state index in [-0.39, 0.29) is 18.1 Å². The van der Waals surface area contributed by atoms with E-state index in [9.17, 15) is 13.2 Å². The number of guanidine groups is 1. The highest BCUT2D eigenvalue weighted by molar-refractivity contribution is 5.78. The molecule has 0 unspecified atom stereocenters. The van der Waals surface area contributed by atoms with Crippen LogP contribution in [-0.4, -0.2) is 13.0 Å². The van der Waals surface area contributed by atoms with Gasteiger partial charge < -0.3 is 5.32 Å². The number of nitrogens with one attached hydrogen (secondary N) is 2. The van der Waals surface area contributed by atoms with Gasteiger partial charge in [-0.15, -0.1) is 0 Å². The van der Waals surface area contributed by atoms with E-state index in [1.807, 2.05) is 0 Å². The van der Waals surface area contributed by atoms with Gasteiger partial charge in [0.25, 0.3) is 0 Å². The monoisotopic (exact) mass is 246 g/mol. The van der Waals surface area contributed by atoms with E-state index in [0.29, 0.717) is 0 Å². The molecule has 0 aliphatic carbocycles. The standard InChI is InChI=1S/C10H13F3N4/c1-15-9(17-14)16-6-7-4-2-3-5-8(7)10(11,12)13/h2-5H,6,14H2,1H3,(H2,15,16,17). The minimum Gasteiger partial charge on any atom is -0.351 e. The summed E-state index contributed by atoms with van der Waals surface area (Å²) in [5.74, 6) is 5.33. The van der Waals surface area contributed by atoms with Crippen molar-refractivity contribution in [2.45, 2.75) is 12.7 Å². The van der Waals surface area contributed by atoms with Crippen LogP contribution < -0.4 is 16.6 Å². The lowest BCUT2D eigenvalue weighted by Gasteiger charge is -2.14. The van der Waals surface area contributed by atoms with E-state index in [1.54, 1.807) is 6.07 Å². The number of aliphatic imine (C=N–C) groups is 1. The normalized spacial score (nSPS) is 12.4. The van der Waals surface area contributed by atoms with Gasteiger partial charge in [0.15, 0.2) is 0 Å². The van der Waals surface area contributed by atoms with Gasteiger partial charge in [0.05, 0.1) is 5.56 Å². The van der Waals surface area contributed by atoms with Crippen molar-refractivity contribution in [3.05, 3.63) is 35.4 Å². The van der Waals surface area contributed by atoms with E-state index in [2.05, 4.69) is 15.7 Å². The van der Waals surface area contributed by atoms with E-state index in [1.165, 1.54) is 19.2 Å². The molecule has 0 fully saturated rings. The molecule has 0 heterocycles. The number of halogens is 3. The van der Waals surface area contributed by atoms with Crippen molar-refractivity contribution >= 4 is 5.96 Å². The number of nitrogens with two attached hydrogens (primary N) is 1. The quantitative estimate of drug-likeness (QED) is 0.318. The maximum absolute atomic E-state index is 12.6. The zero-order valence-corrected chi connectivity index (χ0v) is 9.17. The fourth-order valence-electron chi connectivity index (χ4n) is 1.32. The van der Waals surface area contributed by atoms with Crippen LogP contribution in [-0.2, 0) is 12.7 Å². The van der Waals surface area contributed by atoms with Crippen LogP contribution in [0.15, 0.2) is 29.3 Å². The van der Waals surface area contributed by atoms with Crippen LogP contribution in [0.2, 0.25) is 0 Å². The summed E-state index contributed by atoms with van der Waals surface area (Å²) in [7, 11) is 1.47. The molecule has 0 aliphatic rings. The summed E-state index contributed by atoms with van der Waals surface area (Å²) >= 11 is 0. The molecule has 4 nitrogen and oxygen atoms in total. The van der Waals surface area contributed by atoms with Crippen molar-refractivity contribution in [2.24, 2.45) is 10.8 Å². The van der Waals surface area contributed by atoms with Crippen molar-refractivity contribution < 1.29 is 13.2 Å². The highest BCUT2D eigenvalue weighted by Gasteiger charge is 2.32. The Labute approximate surface area is 96.7 Å². The summed E-state index contributed by atoms with van der Waals surface area (Å²) in [5, 5.41) is 2.66. The van der Waals surface area contributed by atoms with Gasteiger partial charge in [-0.2, -0.15) is 13.2 Å². The molecule has 0 saturated heterocycles. The number of hydrogen-bond acceptors (Lipinski definition) is 2. The fraction of sp³-hybridized carbons (Fsp3) is 0.300. The number of benzene rings is 1. The molecule has 0 aliphatic heterocycles. The molecule has 0 spiro atoms. The SMILES string of the molecule is CN=C(NN)NCc1ccccc1C(F)(F)F. The Morgan fingerprint density at radius 3 is 2.53 bits per heavy atom. The van der Waals surface area contributed by atoms with Crippen LogP contribution in [0.5, 0.6) is 0 Å². The molecule has 4 N–H and O–H groups in total. The number of hydrazine groups is 1. The first-order valence-electron chi connectivity index (χ1n) is 4.81. The van der Waals surface area contributed by atoms with Gasteiger partial charge in [-0.25, -0.2) is 5.84 Å². The maximum atomic E-state index is 12.6. The molecule has 0 aromatic heterocycles. The second-order valence-corrected chi connectivity index (χ2v) is 3.23. The lowest BCUT2D eigenvalue weighted by atomic mass is 10.1. The number of rotatable bonds is 2. The molecule has 0 atom stereocenters. The van der Waals surface area contributed by atoms with Crippen LogP contribution in [0, 0.1) is 0 Å². The van der Waals surface area contributed by atoms with Gasteiger partial charge >= 0.3 is 6.18 Å². The summed E-state index contributed by atoms with van der Waals surface area (Å²) in [5.41, 5.74) is 1.71. The second kappa shape index (κ2) is 5.53. The third-order valence-electron chi connectivity index (χ3n) is 2.13. The summed E-state index contributed by atoms with van der Waals surface area (Å²) in [4.78, 5) is 3.70. The van der Waals surface area contributed by atoms with Crippen molar-refractivity contribution in [1.29, 1.82) is 0 Å². The van der Waals surface area contributed by atoms with Gasteiger partial charge in [0, 0.05) is 13.6 Å². The smallest absolute Gasteiger partial charge is 0.351 e. The van der Waals surface area contributed by atoms with Gasteiger partial charge in [0.2, 0.25) is 5.96 Å². The van der Waals surface area contributed by atoms with Crippen LogP contribution in [0.1, 0.15) is 11.1 Å². The predicted octanol–water partition coefficient (Wildman–Crippen LogP) is 1.24. The van der Waals surface area contributed by atoms with Gasteiger partial charge in [-0.3, -0.25) is 10.4 Å². The second-order valence-electron chi connectivity index (χ2n) is 3.23. The first-order valence-corrected chi connectivity index (χ1v) is 4.81. The first kappa shape index (κ1) is 13.3. The fourth-order valence-corrected chi connectivity index (χ4v) is 1.32. The first-order chi connectivity index (χ1) is 7.99. The zero-order valence-electron chi connectivity index (χ0n) is 9.17. The molecule has 0 radical (unpaired) electrons. The average molecular weight is 246 g/mol. The molecule has 1 aromatic rings. The third kappa shape index (κ3) is 3.63. The molecule has 1 rings (SSSR count). The molecule has 0 saturated carbocycles. The minimum atomic E-state index is -4.36. The predicted molar refractivity (Wildman–Crippen MR) is 59.0 cm³/mol. The van der Waals surface area contributed by atoms with Crippen molar-refractivity contribution in [3.8, 4) is 0 Å². The van der Waals surface area contributed by atoms with Crippen molar-refractivity contribution in [3.63, 3.8) is 0 Å². The lowest BCUT2D eigenvalue weighted by molar-refractivity contribution is -0.138. The Bertz CT molecular complexity index is 401. The molecule has 1 aromatic carbocycles. The van der Waals surface area contributed by atoms with E-state index >= 15 is 0 Å². The van der Waals surface area contributed by atoms with E-state index < -0.39 is 11.7 Å². The van der Waals surface area contributed by atoms with Gasteiger partial charge in [-0.1, -0.05) is 18.2 Å². The van der Waals surface area contributed by atoms with Crippen molar-refractivity contribution in [1.82, 2.24) is 10.7 Å². The van der Waals surface area contributed by atoms with Crippen LogP contribution in [0.4, 0.5) is 13.2 Å². The molecule has 0 bridgehead atoms. The molecular weight excluding hydrogens is 233 g/mol. The van der Waals surface area contributed by atoms with Crippen LogP contribution in [0.25, 0.3) is 0 Å². The Hall–Kier alpha value is -1.76. The highest BCUT2D eigenvalue weighted by Crippen LogP contribution is 2.31. The summed E-state index contributed by atoms with van der Waals surface area (Å²) < 4.78 is 37.9. The Kier molecular flexibility index (Phi) is 4.33. The number of alkyl halides is 3. The summed E-state index contributed by atoms with van der Waals surface area (Å²) in [6.45, 7) is -0.00738. The van der Waals surface area contributed by atoms with Gasteiger partial charge in [-0.05, 0) is 11.6 Å². The largest absolute Gasteiger partial charge is 0.416 e. The van der Waals surface area contributed by atoms with E-state index in [0.717, 1.165) is 6.07 Å². The minimum absolute atomic E-state index is 0.00738. The van der Waals surface area contributed by atoms with Gasteiger partial charge in [0.1, 0.15) is 0 Å². The maximum Gasteiger partial charge on any atom is 0.416 e.